The lowest BCUT2D eigenvalue weighted by atomic mass is 10.1. The summed E-state index contributed by atoms with van der Waals surface area (Å²) in [6.07, 6.45) is 1.66. The lowest BCUT2D eigenvalue weighted by Crippen LogP contribution is -2.32. The van der Waals surface area contributed by atoms with Crippen molar-refractivity contribution >= 4 is 40.3 Å². The summed E-state index contributed by atoms with van der Waals surface area (Å²) < 4.78 is 0. The van der Waals surface area contributed by atoms with Crippen molar-refractivity contribution in [3.63, 3.8) is 0 Å². The Bertz CT molecular complexity index is 1220. The molecular weight excluding hydrogens is 458 g/mol. The largest absolute Gasteiger partial charge is 0.334 e. The van der Waals surface area contributed by atoms with E-state index in [9.17, 15) is 4.79 Å². The fraction of sp³-hybridized carbons (Fsp3) is 0.214. The predicted molar refractivity (Wildman–Crippen MR) is 144 cm³/mol. The number of aliphatic imine (C=N–C) groups is 1. The Kier molecular flexibility index (Phi) is 7.07. The Morgan fingerprint density at radius 3 is 2.12 bits per heavy atom. The Morgan fingerprint density at radius 1 is 0.765 bits per heavy atom. The molecule has 34 heavy (non-hydrogen) atoms. The third-order valence-corrected chi connectivity index (χ3v) is 8.36. The highest BCUT2D eigenvalue weighted by molar-refractivity contribution is 8.19. The van der Waals surface area contributed by atoms with Gasteiger partial charge in [0.05, 0.1) is 5.69 Å². The molecule has 0 aliphatic carbocycles. The number of hydrogen-bond donors (Lipinski definition) is 0. The van der Waals surface area contributed by atoms with Crippen LogP contribution in [0.2, 0.25) is 0 Å². The molecule has 5 rings (SSSR count). The number of nitrogens with zero attached hydrogens (tertiary/aromatic N) is 3. The summed E-state index contributed by atoms with van der Waals surface area (Å²) in [6, 6.07) is 29.1. The van der Waals surface area contributed by atoms with Crippen molar-refractivity contribution in [2.45, 2.75) is 24.7 Å². The van der Waals surface area contributed by atoms with Crippen LogP contribution in [-0.4, -0.2) is 35.6 Å². The maximum Gasteiger partial charge on any atom is 0.269 e. The minimum atomic E-state index is 0.0631. The van der Waals surface area contributed by atoms with Gasteiger partial charge in [-0.25, -0.2) is 0 Å². The molecule has 3 aromatic rings. The molecule has 2 heterocycles. The molecule has 0 atom stereocenters. The van der Waals surface area contributed by atoms with Gasteiger partial charge in [-0.1, -0.05) is 84.6 Å². The number of amides is 1. The number of anilines is 1. The van der Waals surface area contributed by atoms with Crippen LogP contribution in [0.3, 0.4) is 0 Å². The summed E-state index contributed by atoms with van der Waals surface area (Å²) in [4.78, 5) is 24.7. The van der Waals surface area contributed by atoms with Crippen LogP contribution in [0, 0.1) is 0 Å². The van der Waals surface area contributed by atoms with E-state index in [1.165, 1.54) is 33.5 Å². The Hall–Kier alpha value is -2.96. The molecule has 2 aliphatic rings. The summed E-state index contributed by atoms with van der Waals surface area (Å²) in [5.41, 5.74) is 3.66. The second-order valence-corrected chi connectivity index (χ2v) is 10.2. The van der Waals surface area contributed by atoms with Gasteiger partial charge in [0.15, 0.2) is 5.17 Å². The van der Waals surface area contributed by atoms with E-state index in [1.807, 2.05) is 29.2 Å². The molecule has 0 unspecified atom stereocenters. The number of para-hydroxylation sites is 1. The molecule has 0 saturated carbocycles. The minimum absolute atomic E-state index is 0.0631. The van der Waals surface area contributed by atoms with Crippen molar-refractivity contribution in [2.24, 2.45) is 4.99 Å². The standard InChI is InChI=1S/C28H27N3OS2/c1-2-30-23-15-9-10-16-24(23)33-27(30)25-26(32)31(20-18-22-13-7-4-8-14-22)28(34-25)29-19-17-21-11-5-3-6-12-21/h3-16H,2,17-20H2,1H3. The molecule has 0 N–H and O–H groups in total. The van der Waals surface area contributed by atoms with Crippen LogP contribution in [0.5, 0.6) is 0 Å². The molecule has 0 radical (unpaired) electrons. The first-order chi connectivity index (χ1) is 16.7. The molecule has 2 aliphatic heterocycles. The molecule has 0 bridgehead atoms. The lowest BCUT2D eigenvalue weighted by molar-refractivity contribution is -0.122. The normalized spacial score (nSPS) is 18.7. The van der Waals surface area contributed by atoms with Crippen LogP contribution >= 0.6 is 23.5 Å². The Morgan fingerprint density at radius 2 is 1.41 bits per heavy atom. The molecule has 6 heteroatoms. The van der Waals surface area contributed by atoms with Crippen LogP contribution in [-0.2, 0) is 17.6 Å². The third-order valence-electron chi connectivity index (χ3n) is 5.94. The summed E-state index contributed by atoms with van der Waals surface area (Å²) >= 11 is 3.22. The first-order valence-electron chi connectivity index (χ1n) is 11.7. The van der Waals surface area contributed by atoms with Gasteiger partial charge in [0.25, 0.3) is 5.91 Å². The van der Waals surface area contributed by atoms with Gasteiger partial charge in [-0.2, -0.15) is 0 Å². The summed E-state index contributed by atoms with van der Waals surface area (Å²) in [5, 5.41) is 1.84. The number of amidine groups is 1. The fourth-order valence-corrected chi connectivity index (χ4v) is 6.60. The van der Waals surface area contributed by atoms with E-state index >= 15 is 0 Å². The zero-order chi connectivity index (χ0) is 23.3. The summed E-state index contributed by atoms with van der Waals surface area (Å²) in [6.45, 7) is 4.24. The van der Waals surface area contributed by atoms with E-state index < -0.39 is 0 Å². The predicted octanol–water partition coefficient (Wildman–Crippen LogP) is 6.20. The zero-order valence-electron chi connectivity index (χ0n) is 19.2. The van der Waals surface area contributed by atoms with Crippen LogP contribution in [0.15, 0.2) is 105 Å². The fourth-order valence-electron chi connectivity index (χ4n) is 4.18. The average molecular weight is 486 g/mol. The number of carbonyl (C=O) groups excluding carboxylic acids is 1. The molecule has 0 spiro atoms. The Balaban J connectivity index is 1.42. The maximum absolute atomic E-state index is 13.7. The number of hydrogen-bond acceptors (Lipinski definition) is 5. The van der Waals surface area contributed by atoms with Gasteiger partial charge in [0.1, 0.15) is 9.93 Å². The van der Waals surface area contributed by atoms with Crippen LogP contribution in [0.4, 0.5) is 5.69 Å². The summed E-state index contributed by atoms with van der Waals surface area (Å²) in [5.74, 6) is 0.0631. The van der Waals surface area contributed by atoms with Crippen molar-refractivity contribution in [1.82, 2.24) is 4.90 Å². The molecule has 0 aromatic heterocycles. The monoisotopic (exact) mass is 485 g/mol. The molecule has 172 valence electrons. The maximum atomic E-state index is 13.7. The molecule has 1 amide bonds. The minimum Gasteiger partial charge on any atom is -0.334 e. The number of carbonyl (C=O) groups is 1. The van der Waals surface area contributed by atoms with Gasteiger partial charge < -0.3 is 4.90 Å². The topological polar surface area (TPSA) is 35.9 Å². The number of benzene rings is 3. The highest BCUT2D eigenvalue weighted by atomic mass is 32.2. The van der Waals surface area contributed by atoms with Crippen molar-refractivity contribution in [1.29, 1.82) is 0 Å². The second-order valence-electron chi connectivity index (χ2n) is 8.14. The molecule has 3 aromatic carbocycles. The van der Waals surface area contributed by atoms with Gasteiger partial charge in [-0.15, -0.1) is 0 Å². The first-order valence-corrected chi connectivity index (χ1v) is 13.3. The number of thioether (sulfide) groups is 2. The van der Waals surface area contributed by atoms with Crippen molar-refractivity contribution < 1.29 is 4.79 Å². The smallest absolute Gasteiger partial charge is 0.269 e. The second kappa shape index (κ2) is 10.5. The lowest BCUT2D eigenvalue weighted by Gasteiger charge is -2.19. The molecule has 4 nitrogen and oxygen atoms in total. The Labute approximate surface area is 209 Å². The van der Waals surface area contributed by atoms with E-state index in [0.717, 1.165) is 34.5 Å². The van der Waals surface area contributed by atoms with Gasteiger partial charge in [-0.3, -0.25) is 14.7 Å². The molecular formula is C28H27N3OS2. The third kappa shape index (κ3) is 4.79. The van der Waals surface area contributed by atoms with E-state index in [4.69, 9.17) is 4.99 Å². The van der Waals surface area contributed by atoms with Crippen molar-refractivity contribution in [2.75, 3.05) is 24.5 Å². The number of rotatable bonds is 7. The quantitative estimate of drug-likeness (QED) is 0.373. The molecule has 1 saturated heterocycles. The first kappa shape index (κ1) is 22.8. The van der Waals surface area contributed by atoms with E-state index in [-0.39, 0.29) is 5.91 Å². The van der Waals surface area contributed by atoms with Crippen LogP contribution < -0.4 is 4.90 Å². The van der Waals surface area contributed by atoms with E-state index in [2.05, 4.69) is 72.5 Å². The highest BCUT2D eigenvalue weighted by Gasteiger charge is 2.39. The zero-order valence-corrected chi connectivity index (χ0v) is 20.8. The average Bonchev–Trinajstić information content (AvgIpc) is 3.40. The van der Waals surface area contributed by atoms with Gasteiger partial charge in [-0.05, 0) is 54.8 Å². The van der Waals surface area contributed by atoms with Gasteiger partial charge in [0.2, 0.25) is 0 Å². The van der Waals surface area contributed by atoms with Crippen molar-refractivity contribution in [3.05, 3.63) is 106 Å². The van der Waals surface area contributed by atoms with Crippen LogP contribution in [0.25, 0.3) is 0 Å². The van der Waals surface area contributed by atoms with Crippen molar-refractivity contribution in [3.8, 4) is 0 Å². The van der Waals surface area contributed by atoms with Crippen LogP contribution in [0.1, 0.15) is 18.1 Å². The van der Waals surface area contributed by atoms with Gasteiger partial charge in [0, 0.05) is 24.5 Å². The number of fused-ring (bicyclic) bond motifs is 1. The van der Waals surface area contributed by atoms with Gasteiger partial charge >= 0.3 is 0 Å². The van der Waals surface area contributed by atoms with E-state index in [1.54, 1.807) is 11.8 Å². The summed E-state index contributed by atoms with van der Waals surface area (Å²) in [7, 11) is 0. The molecule has 1 fully saturated rings. The SMILES string of the molecule is CCN1C(=C2SC(=NCCc3ccccc3)N(CCc3ccccc3)C2=O)Sc2ccccc21. The van der Waals surface area contributed by atoms with E-state index in [0.29, 0.717) is 13.1 Å². The highest BCUT2D eigenvalue weighted by Crippen LogP contribution is 2.50.